The van der Waals surface area contributed by atoms with Gasteiger partial charge < -0.3 is 5.32 Å². The van der Waals surface area contributed by atoms with Gasteiger partial charge in [0.2, 0.25) is 0 Å². The molecule has 1 aromatic carbocycles. The van der Waals surface area contributed by atoms with E-state index in [1.54, 1.807) is 6.07 Å². The summed E-state index contributed by atoms with van der Waals surface area (Å²) in [6.45, 7) is 5.23. The molecule has 0 aliphatic heterocycles. The highest BCUT2D eigenvalue weighted by Gasteiger charge is 2.08. The van der Waals surface area contributed by atoms with Crippen molar-refractivity contribution < 1.29 is 4.21 Å². The van der Waals surface area contributed by atoms with Gasteiger partial charge in [-0.05, 0) is 38.4 Å². The van der Waals surface area contributed by atoms with Crippen molar-refractivity contribution in [2.24, 2.45) is 0 Å². The van der Waals surface area contributed by atoms with Gasteiger partial charge in [-0.25, -0.2) is 0 Å². The molecule has 0 aliphatic carbocycles. The number of halogens is 1. The fourth-order valence-corrected chi connectivity index (χ4v) is 3.27. The highest BCUT2D eigenvalue weighted by atomic mass is 35.5. The van der Waals surface area contributed by atoms with Crippen molar-refractivity contribution in [2.75, 3.05) is 12.3 Å². The minimum absolute atomic E-state index is 0.489. The molecule has 0 fully saturated rings. The number of rotatable bonds is 7. The summed E-state index contributed by atoms with van der Waals surface area (Å²) < 4.78 is 12.0. The molecule has 17 heavy (non-hydrogen) atoms. The van der Waals surface area contributed by atoms with Crippen molar-refractivity contribution in [1.82, 2.24) is 5.32 Å². The third kappa shape index (κ3) is 5.19. The number of hydrogen-bond acceptors (Lipinski definition) is 2. The van der Waals surface area contributed by atoms with Crippen LogP contribution < -0.4 is 5.32 Å². The van der Waals surface area contributed by atoms with Gasteiger partial charge in [0.25, 0.3) is 0 Å². The summed E-state index contributed by atoms with van der Waals surface area (Å²) in [5.74, 6) is 0.680. The molecule has 1 rings (SSSR count). The number of hydrogen-bond donors (Lipinski definition) is 1. The second-order valence-corrected chi connectivity index (χ2v) is 6.03. The van der Waals surface area contributed by atoms with Crippen molar-refractivity contribution in [3.63, 3.8) is 0 Å². The molecule has 0 aromatic heterocycles. The zero-order valence-electron chi connectivity index (χ0n) is 10.4. The zero-order valence-corrected chi connectivity index (χ0v) is 12.0. The Morgan fingerprint density at radius 1 is 1.41 bits per heavy atom. The Hall–Kier alpha value is -0.380. The zero-order chi connectivity index (χ0) is 12.7. The molecule has 1 aromatic rings. The van der Waals surface area contributed by atoms with E-state index < -0.39 is 10.8 Å². The maximum Gasteiger partial charge on any atom is 0.0574 e. The Labute approximate surface area is 111 Å². The highest BCUT2D eigenvalue weighted by Crippen LogP contribution is 2.19. The van der Waals surface area contributed by atoms with Crippen LogP contribution in [0.4, 0.5) is 0 Å². The number of benzene rings is 1. The van der Waals surface area contributed by atoms with Gasteiger partial charge in [-0.2, -0.15) is 0 Å². The topological polar surface area (TPSA) is 29.1 Å². The maximum atomic E-state index is 12.0. The minimum Gasteiger partial charge on any atom is -0.315 e. The summed E-state index contributed by atoms with van der Waals surface area (Å²) in [6.07, 6.45) is 2.00. The Bertz CT molecular complexity index is 370. The fraction of sp³-hybridized carbons (Fsp3) is 0.538. The smallest absolute Gasteiger partial charge is 0.0574 e. The molecule has 4 heteroatoms. The highest BCUT2D eigenvalue weighted by molar-refractivity contribution is 7.85. The van der Waals surface area contributed by atoms with Crippen molar-refractivity contribution >= 4 is 22.4 Å². The summed E-state index contributed by atoms with van der Waals surface area (Å²) in [5.41, 5.74) is 0. The first kappa shape index (κ1) is 14.7. The van der Waals surface area contributed by atoms with Crippen LogP contribution in [-0.4, -0.2) is 22.5 Å². The van der Waals surface area contributed by atoms with Crippen LogP contribution in [0.3, 0.4) is 0 Å². The fourth-order valence-electron chi connectivity index (χ4n) is 1.71. The molecule has 0 saturated heterocycles. The molecule has 0 bridgehead atoms. The lowest BCUT2D eigenvalue weighted by Gasteiger charge is -2.11. The molecule has 96 valence electrons. The Balaban J connectivity index is 2.38. The average molecular weight is 274 g/mol. The van der Waals surface area contributed by atoms with E-state index >= 15 is 0 Å². The summed E-state index contributed by atoms with van der Waals surface area (Å²) in [6, 6.07) is 7.85. The van der Waals surface area contributed by atoms with Gasteiger partial charge in [0.05, 0.1) is 20.7 Å². The third-order valence-electron chi connectivity index (χ3n) is 2.60. The Morgan fingerprint density at radius 2 is 2.12 bits per heavy atom. The van der Waals surface area contributed by atoms with Gasteiger partial charge in [0, 0.05) is 11.8 Å². The van der Waals surface area contributed by atoms with E-state index in [0.717, 1.165) is 24.3 Å². The van der Waals surface area contributed by atoms with Crippen LogP contribution >= 0.6 is 11.6 Å². The predicted octanol–water partition coefficient (Wildman–Crippen LogP) is 3.23. The molecule has 0 spiro atoms. The first-order valence-corrected chi connectivity index (χ1v) is 7.71. The quantitative estimate of drug-likeness (QED) is 0.826. The molecule has 0 aliphatic rings. The summed E-state index contributed by atoms with van der Waals surface area (Å²) in [5, 5.41) is 3.95. The summed E-state index contributed by atoms with van der Waals surface area (Å²) >= 11 is 6.00. The predicted molar refractivity (Wildman–Crippen MR) is 75.1 cm³/mol. The largest absolute Gasteiger partial charge is 0.315 e. The van der Waals surface area contributed by atoms with Crippen molar-refractivity contribution in [2.45, 2.75) is 37.6 Å². The molecule has 2 atom stereocenters. The molecule has 0 heterocycles. The monoisotopic (exact) mass is 273 g/mol. The molecule has 2 unspecified atom stereocenters. The van der Waals surface area contributed by atoms with Crippen LogP contribution in [0.5, 0.6) is 0 Å². The van der Waals surface area contributed by atoms with Gasteiger partial charge in [-0.15, -0.1) is 0 Å². The molecule has 0 radical (unpaired) electrons. The van der Waals surface area contributed by atoms with Gasteiger partial charge >= 0.3 is 0 Å². The molecular formula is C13H20ClNOS. The number of nitrogens with one attached hydrogen (secondary N) is 1. The van der Waals surface area contributed by atoms with E-state index in [2.05, 4.69) is 19.2 Å². The molecular weight excluding hydrogens is 254 g/mol. The van der Waals surface area contributed by atoms with Gasteiger partial charge in [-0.1, -0.05) is 30.7 Å². The van der Waals surface area contributed by atoms with Crippen LogP contribution in [0.15, 0.2) is 29.2 Å². The van der Waals surface area contributed by atoms with Crippen LogP contribution in [-0.2, 0) is 10.8 Å². The van der Waals surface area contributed by atoms with Crippen LogP contribution in [0.1, 0.15) is 26.7 Å². The normalized spacial score (nSPS) is 14.5. The first-order valence-electron chi connectivity index (χ1n) is 6.01. The van der Waals surface area contributed by atoms with E-state index in [9.17, 15) is 4.21 Å². The lowest BCUT2D eigenvalue weighted by atomic mass is 10.2. The first-order chi connectivity index (χ1) is 8.15. The van der Waals surface area contributed by atoms with E-state index in [-0.39, 0.29) is 0 Å². The second kappa shape index (κ2) is 7.85. The van der Waals surface area contributed by atoms with Crippen molar-refractivity contribution in [3.8, 4) is 0 Å². The van der Waals surface area contributed by atoms with Crippen LogP contribution in [0.25, 0.3) is 0 Å². The van der Waals surface area contributed by atoms with Crippen molar-refractivity contribution in [1.29, 1.82) is 0 Å². The maximum absolute atomic E-state index is 12.0. The van der Waals surface area contributed by atoms with E-state index in [1.807, 2.05) is 18.2 Å². The van der Waals surface area contributed by atoms with Crippen LogP contribution in [0.2, 0.25) is 5.02 Å². The Morgan fingerprint density at radius 3 is 2.76 bits per heavy atom. The average Bonchev–Trinajstić information content (AvgIpc) is 2.29. The van der Waals surface area contributed by atoms with E-state index in [4.69, 9.17) is 11.6 Å². The van der Waals surface area contributed by atoms with Gasteiger partial charge in [0.1, 0.15) is 0 Å². The van der Waals surface area contributed by atoms with Gasteiger partial charge in [0.15, 0.2) is 0 Å². The van der Waals surface area contributed by atoms with Gasteiger partial charge in [-0.3, -0.25) is 4.21 Å². The lowest BCUT2D eigenvalue weighted by molar-refractivity contribution is 0.525. The SMILES string of the molecule is CCNC(C)CCCS(=O)c1ccccc1Cl. The summed E-state index contributed by atoms with van der Waals surface area (Å²) in [4.78, 5) is 0.755. The van der Waals surface area contributed by atoms with Crippen molar-refractivity contribution in [3.05, 3.63) is 29.3 Å². The van der Waals surface area contributed by atoms with E-state index in [1.165, 1.54) is 0 Å². The molecule has 1 N–H and O–H groups in total. The lowest BCUT2D eigenvalue weighted by Crippen LogP contribution is -2.25. The summed E-state index contributed by atoms with van der Waals surface area (Å²) in [7, 11) is -0.975. The molecule has 2 nitrogen and oxygen atoms in total. The van der Waals surface area contributed by atoms with Crippen LogP contribution in [0, 0.1) is 0 Å². The second-order valence-electron chi connectivity index (χ2n) is 4.08. The van der Waals surface area contributed by atoms with E-state index in [0.29, 0.717) is 16.8 Å². The third-order valence-corrected chi connectivity index (χ3v) is 4.55. The molecule has 0 saturated carbocycles. The molecule has 0 amide bonds. The minimum atomic E-state index is -0.975. The standard InChI is InChI=1S/C13H20ClNOS/c1-3-15-11(2)7-6-10-17(16)13-9-5-4-8-12(13)14/h4-5,8-9,11,15H,3,6-7,10H2,1-2H3. The Kier molecular flexibility index (Phi) is 6.78.